The van der Waals surface area contributed by atoms with E-state index in [2.05, 4.69) is 22.8 Å². The Morgan fingerprint density at radius 2 is 1.96 bits per heavy atom. The first-order valence-electron chi connectivity index (χ1n) is 8.35. The molecule has 1 aliphatic heterocycles. The molecule has 2 aromatic rings. The molecule has 0 bridgehead atoms. The van der Waals surface area contributed by atoms with Gasteiger partial charge in [0.2, 0.25) is 0 Å². The third-order valence-corrected chi connectivity index (χ3v) is 5.35. The van der Waals surface area contributed by atoms with Crippen molar-refractivity contribution in [2.24, 2.45) is 0 Å². The first-order valence-corrected chi connectivity index (χ1v) is 9.23. The van der Waals surface area contributed by atoms with E-state index >= 15 is 0 Å². The fourth-order valence-electron chi connectivity index (χ4n) is 3.11. The minimum absolute atomic E-state index is 0.116. The third kappa shape index (κ3) is 4.63. The average molecular weight is 349 g/mol. The van der Waals surface area contributed by atoms with Gasteiger partial charge in [0.15, 0.2) is 6.54 Å². The number of hydrogen-bond donors (Lipinski definition) is 3. The summed E-state index contributed by atoms with van der Waals surface area (Å²) in [6.45, 7) is 7.40. The van der Waals surface area contributed by atoms with Crippen molar-refractivity contribution < 1.29 is 19.0 Å². The zero-order valence-electron chi connectivity index (χ0n) is 13.9. The minimum atomic E-state index is -0.372. The van der Waals surface area contributed by atoms with Gasteiger partial charge in [-0.05, 0) is 36.1 Å². The molecule has 0 saturated carbocycles. The molecule has 0 unspecified atom stereocenters. The third-order valence-electron chi connectivity index (χ3n) is 4.48. The summed E-state index contributed by atoms with van der Waals surface area (Å²) < 4.78 is 13.8. The highest BCUT2D eigenvalue weighted by Crippen LogP contribution is 2.14. The van der Waals surface area contributed by atoms with E-state index in [0.717, 1.165) is 38.3 Å². The lowest BCUT2D eigenvalue weighted by Crippen LogP contribution is -3.28. The van der Waals surface area contributed by atoms with Crippen LogP contribution in [0.4, 0.5) is 10.1 Å². The Kier molecular flexibility index (Phi) is 5.60. The van der Waals surface area contributed by atoms with Gasteiger partial charge in [-0.25, -0.2) is 4.39 Å². The van der Waals surface area contributed by atoms with Gasteiger partial charge in [0.05, 0.1) is 10.6 Å². The van der Waals surface area contributed by atoms with Gasteiger partial charge < -0.3 is 15.1 Å². The summed E-state index contributed by atoms with van der Waals surface area (Å²) in [6.07, 6.45) is 0. The van der Waals surface area contributed by atoms with Crippen molar-refractivity contribution in [2.75, 3.05) is 38.0 Å². The summed E-state index contributed by atoms with van der Waals surface area (Å²) in [5.41, 5.74) is 1.12. The number of hydrogen-bond acceptors (Lipinski definition) is 2. The summed E-state index contributed by atoms with van der Waals surface area (Å²) in [7, 11) is 0. The van der Waals surface area contributed by atoms with Crippen LogP contribution in [0.3, 0.4) is 0 Å². The topological polar surface area (TPSA) is 38.0 Å². The van der Waals surface area contributed by atoms with Gasteiger partial charge in [-0.15, -0.1) is 11.3 Å². The van der Waals surface area contributed by atoms with Crippen LogP contribution in [0, 0.1) is 12.7 Å². The molecule has 3 N–H and O–H groups in total. The highest BCUT2D eigenvalue weighted by molar-refractivity contribution is 7.09. The molecule has 4 nitrogen and oxygen atoms in total. The van der Waals surface area contributed by atoms with E-state index in [4.69, 9.17) is 0 Å². The van der Waals surface area contributed by atoms with Gasteiger partial charge in [0, 0.05) is 0 Å². The van der Waals surface area contributed by atoms with Gasteiger partial charge in [-0.2, -0.15) is 0 Å². The van der Waals surface area contributed by atoms with Crippen LogP contribution in [0.1, 0.15) is 10.4 Å². The quantitative estimate of drug-likeness (QED) is 0.705. The van der Waals surface area contributed by atoms with Gasteiger partial charge in [-0.1, -0.05) is 12.1 Å². The molecule has 3 rings (SSSR count). The van der Waals surface area contributed by atoms with Crippen molar-refractivity contribution in [3.05, 3.63) is 52.0 Å². The fourth-order valence-corrected chi connectivity index (χ4v) is 3.89. The predicted octanol–water partition coefficient (Wildman–Crippen LogP) is 0.118. The van der Waals surface area contributed by atoms with Crippen molar-refractivity contribution >= 4 is 22.9 Å². The number of anilines is 1. The van der Waals surface area contributed by atoms with Gasteiger partial charge in [0.1, 0.15) is 38.5 Å². The lowest BCUT2D eigenvalue weighted by Gasteiger charge is -2.29. The number of amides is 1. The Labute approximate surface area is 145 Å². The van der Waals surface area contributed by atoms with Crippen molar-refractivity contribution in [3.63, 3.8) is 0 Å². The normalized spacial score (nSPS) is 20.8. The molecule has 1 amide bonds. The van der Waals surface area contributed by atoms with Crippen LogP contribution in [0.15, 0.2) is 35.7 Å². The molecule has 1 fully saturated rings. The Morgan fingerprint density at radius 3 is 2.62 bits per heavy atom. The standard InChI is InChI=1S/C18H22FN3OS/c1-14-4-5-17(16(19)11-14)20-18(23)13-22-8-6-21(7-9-22)12-15-3-2-10-24-15/h2-5,10-11H,6-9,12-13H2,1H3,(H,20,23)/p+2. The van der Waals surface area contributed by atoms with Crippen LogP contribution in [0.25, 0.3) is 0 Å². The van der Waals surface area contributed by atoms with Crippen LogP contribution < -0.4 is 15.1 Å². The molecule has 6 heteroatoms. The number of quaternary nitrogens is 2. The molecular formula is C18H24FN3OS+2. The Bertz CT molecular complexity index is 682. The first-order chi connectivity index (χ1) is 11.6. The number of carbonyl (C=O) groups is 1. The van der Waals surface area contributed by atoms with Crippen LogP contribution in [0.5, 0.6) is 0 Å². The summed E-state index contributed by atoms with van der Waals surface area (Å²) in [6, 6.07) is 9.14. The number of rotatable bonds is 5. The number of nitrogens with one attached hydrogen (secondary N) is 3. The molecule has 24 heavy (non-hydrogen) atoms. The molecule has 0 atom stereocenters. The molecule has 128 valence electrons. The fraction of sp³-hybridized carbons (Fsp3) is 0.389. The maximum Gasteiger partial charge on any atom is 0.279 e. The highest BCUT2D eigenvalue weighted by atomic mass is 32.1. The van der Waals surface area contributed by atoms with E-state index in [9.17, 15) is 9.18 Å². The average Bonchev–Trinajstić information content (AvgIpc) is 3.05. The Balaban J connectivity index is 1.44. The predicted molar refractivity (Wildman–Crippen MR) is 94.1 cm³/mol. The lowest BCUT2D eigenvalue weighted by molar-refractivity contribution is -1.01. The number of piperazine rings is 1. The summed E-state index contributed by atoms with van der Waals surface area (Å²) in [4.78, 5) is 16.4. The zero-order valence-corrected chi connectivity index (χ0v) is 14.7. The van der Waals surface area contributed by atoms with Crippen LogP contribution in [-0.2, 0) is 11.3 Å². The molecule has 0 radical (unpaired) electrons. The summed E-state index contributed by atoms with van der Waals surface area (Å²) in [5, 5.41) is 4.81. The summed E-state index contributed by atoms with van der Waals surface area (Å²) >= 11 is 1.80. The van der Waals surface area contributed by atoms with Crippen molar-refractivity contribution in [3.8, 4) is 0 Å². The lowest BCUT2D eigenvalue weighted by atomic mass is 10.2. The molecule has 0 spiro atoms. The van der Waals surface area contributed by atoms with Gasteiger partial charge in [0.25, 0.3) is 5.91 Å². The first kappa shape index (κ1) is 17.1. The molecule has 1 aromatic heterocycles. The van der Waals surface area contributed by atoms with Crippen molar-refractivity contribution in [1.82, 2.24) is 0 Å². The molecular weight excluding hydrogens is 325 g/mol. The van der Waals surface area contributed by atoms with Crippen LogP contribution in [-0.4, -0.2) is 38.6 Å². The number of carbonyl (C=O) groups excluding carboxylic acids is 1. The number of halogens is 1. The molecule has 1 aliphatic rings. The largest absolute Gasteiger partial charge is 0.321 e. The number of aryl methyl sites for hydroxylation is 1. The van der Waals surface area contributed by atoms with E-state index in [1.54, 1.807) is 28.4 Å². The van der Waals surface area contributed by atoms with E-state index in [0.29, 0.717) is 6.54 Å². The van der Waals surface area contributed by atoms with Gasteiger partial charge in [-0.3, -0.25) is 4.79 Å². The van der Waals surface area contributed by atoms with E-state index in [1.165, 1.54) is 15.8 Å². The SMILES string of the molecule is Cc1ccc(NC(=O)C[NH+]2CC[NH+](Cc3cccs3)CC2)c(F)c1. The maximum atomic E-state index is 13.8. The van der Waals surface area contributed by atoms with E-state index in [1.807, 2.05) is 6.92 Å². The maximum absolute atomic E-state index is 13.8. The highest BCUT2D eigenvalue weighted by Gasteiger charge is 2.25. The molecule has 0 aliphatic carbocycles. The van der Waals surface area contributed by atoms with E-state index in [-0.39, 0.29) is 17.4 Å². The monoisotopic (exact) mass is 349 g/mol. The van der Waals surface area contributed by atoms with Gasteiger partial charge >= 0.3 is 0 Å². The second kappa shape index (κ2) is 7.88. The second-order valence-electron chi connectivity index (χ2n) is 6.46. The van der Waals surface area contributed by atoms with Crippen LogP contribution >= 0.6 is 11.3 Å². The molecule has 1 aromatic carbocycles. The summed E-state index contributed by atoms with van der Waals surface area (Å²) in [5.74, 6) is -0.488. The Hall–Kier alpha value is -1.76. The Morgan fingerprint density at radius 1 is 1.21 bits per heavy atom. The number of benzene rings is 1. The van der Waals surface area contributed by atoms with Crippen molar-refractivity contribution in [1.29, 1.82) is 0 Å². The minimum Gasteiger partial charge on any atom is -0.321 e. The number of thiophene rings is 1. The molecule has 1 saturated heterocycles. The smallest absolute Gasteiger partial charge is 0.279 e. The van der Waals surface area contributed by atoms with Crippen LogP contribution in [0.2, 0.25) is 0 Å². The van der Waals surface area contributed by atoms with E-state index < -0.39 is 0 Å². The molecule has 2 heterocycles. The van der Waals surface area contributed by atoms with Crippen molar-refractivity contribution in [2.45, 2.75) is 13.5 Å². The zero-order chi connectivity index (χ0) is 16.9. The second-order valence-corrected chi connectivity index (χ2v) is 7.50.